The minimum Gasteiger partial charge on any atom is -0.350 e. The zero-order valence-electron chi connectivity index (χ0n) is 13.3. The van der Waals surface area contributed by atoms with Gasteiger partial charge in [-0.15, -0.1) is 0 Å². The number of carbonyl (C=O) groups is 1. The van der Waals surface area contributed by atoms with E-state index in [9.17, 15) is 4.79 Å². The highest BCUT2D eigenvalue weighted by molar-refractivity contribution is 5.95. The molecular weight excluding hydrogens is 260 g/mol. The molecule has 3 nitrogen and oxygen atoms in total. The van der Waals surface area contributed by atoms with E-state index in [0.717, 1.165) is 24.0 Å². The van der Waals surface area contributed by atoms with Gasteiger partial charge >= 0.3 is 0 Å². The monoisotopic (exact) mass is 286 g/mol. The van der Waals surface area contributed by atoms with E-state index in [1.165, 1.54) is 12.8 Å². The summed E-state index contributed by atoms with van der Waals surface area (Å²) in [4.78, 5) is 12.3. The lowest BCUT2D eigenvalue weighted by Crippen LogP contribution is -2.32. The third-order valence-electron chi connectivity index (χ3n) is 3.29. The van der Waals surface area contributed by atoms with Crippen LogP contribution in [0.1, 0.15) is 61.0 Å². The van der Waals surface area contributed by atoms with Crippen molar-refractivity contribution in [1.82, 2.24) is 5.32 Å². The van der Waals surface area contributed by atoms with Gasteiger partial charge in [-0.2, -0.15) is 0 Å². The van der Waals surface area contributed by atoms with E-state index in [2.05, 4.69) is 31.0 Å². The number of hydrogen-bond acceptors (Lipinski definition) is 2. The van der Waals surface area contributed by atoms with Crippen molar-refractivity contribution in [3.05, 3.63) is 34.9 Å². The smallest absolute Gasteiger partial charge is 0.251 e. The van der Waals surface area contributed by atoms with Crippen molar-refractivity contribution in [2.45, 2.75) is 52.5 Å². The molecule has 0 bridgehead atoms. The molecule has 0 aromatic heterocycles. The number of rotatable bonds is 6. The maximum Gasteiger partial charge on any atom is 0.251 e. The highest BCUT2D eigenvalue weighted by Gasteiger charge is 2.10. The minimum absolute atomic E-state index is 0.0292. The molecule has 0 spiro atoms. The number of nitrogens with one attached hydrogen (secondary N) is 1. The normalized spacial score (nSPS) is 11.4. The van der Waals surface area contributed by atoms with E-state index in [0.29, 0.717) is 12.1 Å². The van der Waals surface area contributed by atoms with Crippen LogP contribution in [0.5, 0.6) is 0 Å². The van der Waals surface area contributed by atoms with Crippen LogP contribution in [0.15, 0.2) is 18.2 Å². The Hall–Kier alpha value is -1.79. The molecule has 0 saturated carbocycles. The predicted octanol–water partition coefficient (Wildman–Crippen LogP) is 3.00. The molecule has 0 aliphatic heterocycles. The molecule has 1 aromatic rings. The molecule has 1 aromatic carbocycles. The second-order valence-corrected chi connectivity index (χ2v) is 5.46. The summed E-state index contributed by atoms with van der Waals surface area (Å²) in [7, 11) is 0. The van der Waals surface area contributed by atoms with Crippen molar-refractivity contribution in [2.24, 2.45) is 5.73 Å². The van der Waals surface area contributed by atoms with Gasteiger partial charge in [0.25, 0.3) is 5.91 Å². The molecule has 0 aliphatic rings. The molecule has 0 saturated heterocycles. The van der Waals surface area contributed by atoms with Crippen LogP contribution in [0.25, 0.3) is 0 Å². The van der Waals surface area contributed by atoms with E-state index in [1.807, 2.05) is 25.1 Å². The molecule has 0 aliphatic carbocycles. The standard InChI is InChI=1S/C18H26N2O/c1-4-5-6-8-15(3)20-18(21)17-12-14(2)11-16(13-17)9-7-10-19/h11-13,15H,4-6,8,10,19H2,1-3H3,(H,20,21). The predicted molar refractivity (Wildman–Crippen MR) is 88.2 cm³/mol. The summed E-state index contributed by atoms with van der Waals surface area (Å²) in [5.41, 5.74) is 7.92. The third kappa shape index (κ3) is 6.46. The second-order valence-electron chi connectivity index (χ2n) is 5.46. The fourth-order valence-electron chi connectivity index (χ4n) is 2.22. The van der Waals surface area contributed by atoms with E-state index in [4.69, 9.17) is 5.73 Å². The molecule has 1 rings (SSSR count). The van der Waals surface area contributed by atoms with Gasteiger partial charge in [0.1, 0.15) is 0 Å². The molecule has 3 heteroatoms. The average Bonchev–Trinajstić information content (AvgIpc) is 2.44. The molecular formula is C18H26N2O. The number of aryl methyl sites for hydroxylation is 1. The summed E-state index contributed by atoms with van der Waals surface area (Å²) >= 11 is 0. The van der Waals surface area contributed by atoms with Gasteiger partial charge in [-0.05, 0) is 44.0 Å². The lowest BCUT2D eigenvalue weighted by Gasteiger charge is -2.14. The highest BCUT2D eigenvalue weighted by Crippen LogP contribution is 2.10. The van der Waals surface area contributed by atoms with Crippen LogP contribution >= 0.6 is 0 Å². The molecule has 1 amide bonds. The first-order valence-electron chi connectivity index (χ1n) is 7.68. The van der Waals surface area contributed by atoms with Crippen LogP contribution in [0.3, 0.4) is 0 Å². The van der Waals surface area contributed by atoms with E-state index in [1.54, 1.807) is 0 Å². The van der Waals surface area contributed by atoms with Crippen LogP contribution < -0.4 is 11.1 Å². The summed E-state index contributed by atoms with van der Waals surface area (Å²) in [5, 5.41) is 3.05. The van der Waals surface area contributed by atoms with Crippen molar-refractivity contribution in [2.75, 3.05) is 6.54 Å². The number of carbonyl (C=O) groups excluding carboxylic acids is 1. The van der Waals surface area contributed by atoms with E-state index >= 15 is 0 Å². The van der Waals surface area contributed by atoms with Crippen molar-refractivity contribution in [1.29, 1.82) is 0 Å². The van der Waals surface area contributed by atoms with Crippen LogP contribution in [-0.2, 0) is 0 Å². The van der Waals surface area contributed by atoms with Crippen LogP contribution in [-0.4, -0.2) is 18.5 Å². The zero-order chi connectivity index (χ0) is 15.7. The number of nitrogens with two attached hydrogens (primary N) is 1. The zero-order valence-corrected chi connectivity index (χ0v) is 13.3. The van der Waals surface area contributed by atoms with Gasteiger partial charge in [0, 0.05) is 17.2 Å². The summed E-state index contributed by atoms with van der Waals surface area (Å²) in [6.45, 7) is 6.53. The fraction of sp³-hybridized carbons (Fsp3) is 0.500. The lowest BCUT2D eigenvalue weighted by atomic mass is 10.0. The number of amides is 1. The van der Waals surface area contributed by atoms with E-state index in [-0.39, 0.29) is 11.9 Å². The van der Waals surface area contributed by atoms with Gasteiger partial charge in [-0.3, -0.25) is 4.79 Å². The number of unbranched alkanes of at least 4 members (excludes halogenated alkanes) is 2. The molecule has 0 heterocycles. The Labute approximate surface area is 128 Å². The van der Waals surface area contributed by atoms with Gasteiger partial charge in [0.15, 0.2) is 0 Å². The minimum atomic E-state index is -0.0292. The van der Waals surface area contributed by atoms with Gasteiger partial charge in [-0.1, -0.05) is 38.0 Å². The summed E-state index contributed by atoms with van der Waals surface area (Å²) in [6.07, 6.45) is 4.58. The Morgan fingerprint density at radius 1 is 1.33 bits per heavy atom. The Kier molecular flexibility index (Phi) is 7.56. The van der Waals surface area contributed by atoms with Gasteiger partial charge in [0.05, 0.1) is 6.54 Å². The van der Waals surface area contributed by atoms with Crippen LogP contribution in [0, 0.1) is 18.8 Å². The van der Waals surface area contributed by atoms with Crippen molar-refractivity contribution in [3.63, 3.8) is 0 Å². The van der Waals surface area contributed by atoms with Crippen LogP contribution in [0.4, 0.5) is 0 Å². The van der Waals surface area contributed by atoms with Crippen molar-refractivity contribution >= 4 is 5.91 Å². The molecule has 114 valence electrons. The maximum atomic E-state index is 12.3. The summed E-state index contributed by atoms with van der Waals surface area (Å²) < 4.78 is 0. The molecule has 3 N–H and O–H groups in total. The Morgan fingerprint density at radius 2 is 2.10 bits per heavy atom. The Bertz CT molecular complexity index is 526. The van der Waals surface area contributed by atoms with Crippen molar-refractivity contribution < 1.29 is 4.79 Å². The van der Waals surface area contributed by atoms with Crippen LogP contribution in [0.2, 0.25) is 0 Å². The highest BCUT2D eigenvalue weighted by atomic mass is 16.1. The topological polar surface area (TPSA) is 55.1 Å². The maximum absolute atomic E-state index is 12.3. The SMILES string of the molecule is CCCCCC(C)NC(=O)c1cc(C)cc(C#CCN)c1. The Morgan fingerprint density at radius 3 is 2.76 bits per heavy atom. The van der Waals surface area contributed by atoms with Crippen molar-refractivity contribution in [3.8, 4) is 11.8 Å². The first-order valence-corrected chi connectivity index (χ1v) is 7.68. The van der Waals surface area contributed by atoms with Gasteiger partial charge in [-0.25, -0.2) is 0 Å². The molecule has 1 unspecified atom stereocenters. The quantitative estimate of drug-likeness (QED) is 0.624. The first-order chi connectivity index (χ1) is 10.1. The lowest BCUT2D eigenvalue weighted by molar-refractivity contribution is 0.0938. The summed E-state index contributed by atoms with van der Waals surface area (Å²) in [6, 6.07) is 5.87. The molecule has 0 radical (unpaired) electrons. The Balaban J connectivity index is 2.71. The van der Waals surface area contributed by atoms with Gasteiger partial charge < -0.3 is 11.1 Å². The average molecular weight is 286 g/mol. The number of benzene rings is 1. The van der Waals surface area contributed by atoms with Gasteiger partial charge in [0.2, 0.25) is 0 Å². The molecule has 1 atom stereocenters. The number of hydrogen-bond donors (Lipinski definition) is 2. The fourth-order valence-corrected chi connectivity index (χ4v) is 2.22. The second kappa shape index (κ2) is 9.20. The summed E-state index contributed by atoms with van der Waals surface area (Å²) in [5.74, 6) is 5.77. The third-order valence-corrected chi connectivity index (χ3v) is 3.29. The molecule has 21 heavy (non-hydrogen) atoms. The first kappa shape index (κ1) is 17.3. The molecule has 0 fully saturated rings. The van der Waals surface area contributed by atoms with E-state index < -0.39 is 0 Å². The largest absolute Gasteiger partial charge is 0.350 e.